The third-order valence-corrected chi connectivity index (χ3v) is 4.96. The van der Waals surface area contributed by atoms with Crippen molar-refractivity contribution in [2.75, 3.05) is 32.8 Å². The van der Waals surface area contributed by atoms with Crippen LogP contribution < -0.4 is 0 Å². The number of carbonyl (C=O) groups is 1. The van der Waals surface area contributed by atoms with Crippen LogP contribution in [0.5, 0.6) is 0 Å². The Hall–Kier alpha value is -2.37. The number of hydrogen-bond acceptors (Lipinski definition) is 4. The highest BCUT2D eigenvalue weighted by Gasteiger charge is 2.21. The quantitative estimate of drug-likeness (QED) is 0.662. The third-order valence-electron chi connectivity index (χ3n) is 4.96. The van der Waals surface area contributed by atoms with Crippen LogP contribution in [0.2, 0.25) is 0 Å². The molecule has 3 aromatic rings. The number of benzene rings is 2. The van der Waals surface area contributed by atoms with Crippen LogP contribution in [0.3, 0.4) is 0 Å². The Morgan fingerprint density at radius 1 is 1.00 bits per heavy atom. The summed E-state index contributed by atoms with van der Waals surface area (Å²) in [5.41, 5.74) is 2.35. The van der Waals surface area contributed by atoms with Crippen LogP contribution in [0.15, 0.2) is 48.5 Å². The Morgan fingerprint density at radius 2 is 1.58 bits per heavy atom. The van der Waals surface area contributed by atoms with Gasteiger partial charge < -0.3 is 14.0 Å². The molecule has 0 N–H and O–H groups in total. The number of carbonyl (C=O) groups excluding carboxylic acids is 1. The van der Waals surface area contributed by atoms with Crippen molar-refractivity contribution in [2.45, 2.75) is 19.6 Å². The van der Waals surface area contributed by atoms with Gasteiger partial charge in [0.05, 0.1) is 19.8 Å². The fraction of sp³-hybridized carbons (Fsp3) is 0.381. The Morgan fingerprint density at radius 3 is 2.15 bits per heavy atom. The molecule has 0 spiro atoms. The monoisotopic (exact) mass is 352 g/mol. The van der Waals surface area contributed by atoms with Gasteiger partial charge in [-0.3, -0.25) is 9.69 Å². The summed E-state index contributed by atoms with van der Waals surface area (Å²) < 4.78 is 13.4. The first-order valence-corrected chi connectivity index (χ1v) is 9.15. The molecule has 2 heterocycles. The van der Waals surface area contributed by atoms with Crippen molar-refractivity contribution in [2.24, 2.45) is 0 Å². The second kappa shape index (κ2) is 7.48. The predicted molar refractivity (Wildman–Crippen MR) is 102 cm³/mol. The Labute approximate surface area is 153 Å². The minimum atomic E-state index is -0.232. The number of esters is 1. The van der Waals surface area contributed by atoms with Crippen LogP contribution in [0.25, 0.3) is 21.8 Å². The number of hydrogen-bond donors (Lipinski definition) is 0. The Bertz CT molecular complexity index is 859. The lowest BCUT2D eigenvalue weighted by Crippen LogP contribution is -2.43. The first-order chi connectivity index (χ1) is 12.7. The van der Waals surface area contributed by atoms with E-state index >= 15 is 0 Å². The number of morpholine rings is 1. The molecule has 2 aromatic carbocycles. The summed E-state index contributed by atoms with van der Waals surface area (Å²) in [6, 6.07) is 16.8. The van der Waals surface area contributed by atoms with Crippen molar-refractivity contribution in [1.29, 1.82) is 0 Å². The second-order valence-corrected chi connectivity index (χ2v) is 6.79. The Balaban J connectivity index is 1.68. The molecule has 26 heavy (non-hydrogen) atoms. The molecule has 1 fully saturated rings. The zero-order chi connectivity index (χ0) is 17.9. The highest BCUT2D eigenvalue weighted by atomic mass is 16.5. The molecule has 1 aliphatic rings. The van der Waals surface area contributed by atoms with Crippen LogP contribution in [-0.4, -0.2) is 54.4 Å². The lowest BCUT2D eigenvalue weighted by Gasteiger charge is -2.30. The van der Waals surface area contributed by atoms with Crippen molar-refractivity contribution in [1.82, 2.24) is 9.47 Å². The summed E-state index contributed by atoms with van der Waals surface area (Å²) in [5.74, 6) is -0.232. The molecule has 0 unspecified atom stereocenters. The van der Waals surface area contributed by atoms with Gasteiger partial charge in [-0.15, -0.1) is 0 Å². The van der Waals surface area contributed by atoms with E-state index in [1.54, 1.807) is 0 Å². The summed E-state index contributed by atoms with van der Waals surface area (Å²) in [7, 11) is 0. The van der Waals surface area contributed by atoms with Crippen LogP contribution in [0.4, 0.5) is 0 Å². The standard InChI is InChI=1S/C21H24N2O3/c1-16(24)26-17(14-22-10-12-25-13-11-22)15-23-20-8-4-2-6-18(20)19-7-3-5-9-21(19)23/h2-9,17H,10-15H2,1H3/t17-/m0/s1. The molecule has 1 atom stereocenters. The van der Waals surface area contributed by atoms with Gasteiger partial charge in [0.15, 0.2) is 0 Å². The molecular formula is C21H24N2O3. The maximum absolute atomic E-state index is 11.7. The van der Waals surface area contributed by atoms with Gasteiger partial charge in [0.2, 0.25) is 0 Å². The summed E-state index contributed by atoms with van der Waals surface area (Å²) in [4.78, 5) is 14.0. The van der Waals surface area contributed by atoms with Crippen molar-refractivity contribution >= 4 is 27.8 Å². The second-order valence-electron chi connectivity index (χ2n) is 6.79. The molecule has 1 aliphatic heterocycles. The fourth-order valence-electron chi connectivity index (χ4n) is 3.84. The van der Waals surface area contributed by atoms with E-state index in [-0.39, 0.29) is 12.1 Å². The number of ether oxygens (including phenoxy) is 2. The van der Waals surface area contributed by atoms with Gasteiger partial charge in [-0.1, -0.05) is 36.4 Å². The van der Waals surface area contributed by atoms with E-state index in [1.807, 2.05) is 0 Å². The predicted octanol–water partition coefficient (Wildman–Crippen LogP) is 3.06. The van der Waals surface area contributed by atoms with Gasteiger partial charge in [-0.25, -0.2) is 0 Å². The third kappa shape index (κ3) is 3.45. The van der Waals surface area contributed by atoms with Crippen LogP contribution >= 0.6 is 0 Å². The van der Waals surface area contributed by atoms with E-state index in [2.05, 4.69) is 58.0 Å². The van der Waals surface area contributed by atoms with Crippen molar-refractivity contribution in [3.63, 3.8) is 0 Å². The van der Waals surface area contributed by atoms with Gasteiger partial charge in [0, 0.05) is 48.4 Å². The minimum Gasteiger partial charge on any atom is -0.459 e. The first-order valence-electron chi connectivity index (χ1n) is 9.15. The molecule has 1 saturated heterocycles. The maximum atomic E-state index is 11.7. The van der Waals surface area contributed by atoms with Crippen molar-refractivity contribution in [3.05, 3.63) is 48.5 Å². The normalized spacial score (nSPS) is 16.8. The number of rotatable bonds is 5. The number of fused-ring (bicyclic) bond motifs is 3. The molecular weight excluding hydrogens is 328 g/mol. The van der Waals surface area contributed by atoms with E-state index in [0.717, 1.165) is 32.8 Å². The van der Waals surface area contributed by atoms with Crippen molar-refractivity contribution < 1.29 is 14.3 Å². The molecule has 0 saturated carbocycles. The highest BCUT2D eigenvalue weighted by molar-refractivity contribution is 6.07. The summed E-state index contributed by atoms with van der Waals surface area (Å²) in [5, 5.41) is 2.46. The van der Waals surface area contributed by atoms with Crippen LogP contribution in [0, 0.1) is 0 Å². The van der Waals surface area contributed by atoms with Gasteiger partial charge >= 0.3 is 5.97 Å². The summed E-state index contributed by atoms with van der Waals surface area (Å²) in [6.45, 7) is 6.09. The van der Waals surface area contributed by atoms with E-state index in [4.69, 9.17) is 9.47 Å². The van der Waals surface area contributed by atoms with E-state index in [9.17, 15) is 4.79 Å². The van der Waals surface area contributed by atoms with Gasteiger partial charge in [0.25, 0.3) is 0 Å². The largest absolute Gasteiger partial charge is 0.459 e. The number of para-hydroxylation sites is 2. The molecule has 5 heteroatoms. The Kier molecular flexibility index (Phi) is 4.91. The van der Waals surface area contributed by atoms with Crippen LogP contribution in [0.1, 0.15) is 6.92 Å². The number of nitrogens with zero attached hydrogens (tertiary/aromatic N) is 2. The fourth-order valence-corrected chi connectivity index (χ4v) is 3.84. The average Bonchev–Trinajstić information content (AvgIpc) is 2.96. The maximum Gasteiger partial charge on any atom is 0.303 e. The topological polar surface area (TPSA) is 43.7 Å². The molecule has 0 aliphatic carbocycles. The number of aromatic nitrogens is 1. The highest BCUT2D eigenvalue weighted by Crippen LogP contribution is 2.29. The van der Waals surface area contributed by atoms with Crippen LogP contribution in [-0.2, 0) is 20.8 Å². The van der Waals surface area contributed by atoms with E-state index in [0.29, 0.717) is 6.54 Å². The van der Waals surface area contributed by atoms with Crippen molar-refractivity contribution in [3.8, 4) is 0 Å². The van der Waals surface area contributed by atoms with Gasteiger partial charge in [-0.05, 0) is 12.1 Å². The summed E-state index contributed by atoms with van der Waals surface area (Å²) in [6.07, 6.45) is -0.190. The lowest BCUT2D eigenvalue weighted by molar-refractivity contribution is -0.148. The molecule has 0 amide bonds. The molecule has 0 bridgehead atoms. The zero-order valence-electron chi connectivity index (χ0n) is 15.1. The first kappa shape index (κ1) is 17.1. The molecule has 1 aromatic heterocycles. The molecule has 5 nitrogen and oxygen atoms in total. The van der Waals surface area contributed by atoms with E-state index < -0.39 is 0 Å². The zero-order valence-corrected chi connectivity index (χ0v) is 15.1. The smallest absolute Gasteiger partial charge is 0.303 e. The SMILES string of the molecule is CC(=O)O[C@@H](CN1CCOCC1)Cn1c2ccccc2c2ccccc21. The molecule has 4 rings (SSSR count). The van der Waals surface area contributed by atoms with E-state index in [1.165, 1.54) is 28.7 Å². The van der Waals surface area contributed by atoms with Gasteiger partial charge in [-0.2, -0.15) is 0 Å². The lowest BCUT2D eigenvalue weighted by atomic mass is 10.2. The molecule has 136 valence electrons. The van der Waals surface area contributed by atoms with Gasteiger partial charge in [0.1, 0.15) is 6.10 Å². The summed E-state index contributed by atoms with van der Waals surface area (Å²) >= 11 is 0. The average molecular weight is 352 g/mol. The molecule has 0 radical (unpaired) electrons. The minimum absolute atomic E-state index is 0.190.